The van der Waals surface area contributed by atoms with Crippen LogP contribution >= 0.6 is 0 Å². The van der Waals surface area contributed by atoms with E-state index in [1.165, 1.54) is 11.3 Å². The summed E-state index contributed by atoms with van der Waals surface area (Å²) in [7, 11) is 6.06. The third kappa shape index (κ3) is 3.13. The maximum Gasteiger partial charge on any atom is 0.204 e. The van der Waals surface area contributed by atoms with E-state index in [2.05, 4.69) is 53.0 Å². The molecule has 0 radical (unpaired) electrons. The molecule has 20 heavy (non-hydrogen) atoms. The molecule has 1 heterocycles. The summed E-state index contributed by atoms with van der Waals surface area (Å²) < 4.78 is 2.11. The average Bonchev–Trinajstić information content (AvgIpc) is 2.78. The largest absolute Gasteiger partial charge is 0.379 e. The monoisotopic (exact) mass is 272 g/mol. The van der Waals surface area contributed by atoms with Gasteiger partial charge in [-0.1, -0.05) is 26.0 Å². The molecule has 0 fully saturated rings. The fourth-order valence-electron chi connectivity index (χ4n) is 2.21. The van der Waals surface area contributed by atoms with Gasteiger partial charge in [0.15, 0.2) is 0 Å². The van der Waals surface area contributed by atoms with Crippen molar-refractivity contribution in [3.8, 4) is 0 Å². The Balaban J connectivity index is 2.07. The molecule has 1 aromatic carbocycles. The number of aromatic nitrogens is 2. The summed E-state index contributed by atoms with van der Waals surface area (Å²) in [5.74, 6) is 1.52. The quantitative estimate of drug-likeness (QED) is 0.907. The van der Waals surface area contributed by atoms with Gasteiger partial charge in [0.05, 0.1) is 18.4 Å². The van der Waals surface area contributed by atoms with E-state index in [0.29, 0.717) is 5.92 Å². The van der Waals surface area contributed by atoms with Gasteiger partial charge in [0.1, 0.15) is 0 Å². The molecule has 0 unspecified atom stereocenters. The highest BCUT2D eigenvalue weighted by atomic mass is 15.3. The Labute approximate surface area is 121 Å². The molecule has 4 heteroatoms. The lowest BCUT2D eigenvalue weighted by molar-refractivity contribution is 0.813. The molecule has 0 bridgehead atoms. The van der Waals surface area contributed by atoms with Gasteiger partial charge < -0.3 is 14.8 Å². The number of imidazole rings is 1. The lowest BCUT2D eigenvalue weighted by Crippen LogP contribution is -2.15. The summed E-state index contributed by atoms with van der Waals surface area (Å²) in [5.41, 5.74) is 3.68. The lowest BCUT2D eigenvalue weighted by Gasteiger charge is -2.14. The molecular weight excluding hydrogens is 248 g/mol. The van der Waals surface area contributed by atoms with Crippen molar-refractivity contribution in [2.24, 2.45) is 7.05 Å². The molecular formula is C16H24N4. The fraction of sp³-hybridized carbons (Fsp3) is 0.438. The maximum absolute atomic E-state index is 4.42. The van der Waals surface area contributed by atoms with Crippen molar-refractivity contribution in [3.63, 3.8) is 0 Å². The third-order valence-corrected chi connectivity index (χ3v) is 3.49. The first-order valence-electron chi connectivity index (χ1n) is 7.00. The van der Waals surface area contributed by atoms with E-state index in [9.17, 15) is 0 Å². The molecule has 0 aliphatic rings. The van der Waals surface area contributed by atoms with E-state index in [1.54, 1.807) is 0 Å². The SMILES string of the molecule is CC(C)c1cccc(NCc2cnc(N(C)C)n2C)c1. The van der Waals surface area contributed by atoms with Gasteiger partial charge in [0.25, 0.3) is 0 Å². The van der Waals surface area contributed by atoms with Crippen LogP contribution in [0.3, 0.4) is 0 Å². The molecule has 0 aliphatic heterocycles. The molecule has 4 nitrogen and oxygen atoms in total. The molecule has 1 N–H and O–H groups in total. The van der Waals surface area contributed by atoms with Gasteiger partial charge >= 0.3 is 0 Å². The highest BCUT2D eigenvalue weighted by Crippen LogP contribution is 2.19. The van der Waals surface area contributed by atoms with Crippen molar-refractivity contribution in [2.75, 3.05) is 24.3 Å². The smallest absolute Gasteiger partial charge is 0.204 e. The molecule has 0 spiro atoms. The Bertz CT molecular complexity index is 570. The maximum atomic E-state index is 4.42. The number of benzene rings is 1. The number of hydrogen-bond donors (Lipinski definition) is 1. The van der Waals surface area contributed by atoms with Crippen LogP contribution in [0.15, 0.2) is 30.5 Å². The van der Waals surface area contributed by atoms with Gasteiger partial charge in [-0.15, -0.1) is 0 Å². The Hall–Kier alpha value is -1.97. The average molecular weight is 272 g/mol. The van der Waals surface area contributed by atoms with Crippen molar-refractivity contribution in [2.45, 2.75) is 26.3 Å². The molecule has 0 saturated heterocycles. The highest BCUT2D eigenvalue weighted by Gasteiger charge is 2.08. The number of nitrogens with one attached hydrogen (secondary N) is 1. The summed E-state index contributed by atoms with van der Waals surface area (Å²) >= 11 is 0. The van der Waals surface area contributed by atoms with Crippen LogP contribution < -0.4 is 10.2 Å². The zero-order valence-electron chi connectivity index (χ0n) is 13.0. The second kappa shape index (κ2) is 5.99. The second-order valence-electron chi connectivity index (χ2n) is 5.64. The summed E-state index contributed by atoms with van der Waals surface area (Å²) in [4.78, 5) is 6.44. The minimum absolute atomic E-state index is 0.550. The van der Waals surface area contributed by atoms with Crippen LogP contribution in [0.4, 0.5) is 11.6 Å². The normalized spacial score (nSPS) is 10.9. The molecule has 0 atom stereocenters. The van der Waals surface area contributed by atoms with Crippen molar-refractivity contribution < 1.29 is 0 Å². The van der Waals surface area contributed by atoms with E-state index in [1.807, 2.05) is 32.2 Å². The van der Waals surface area contributed by atoms with Gasteiger partial charge in [0, 0.05) is 26.8 Å². The summed E-state index contributed by atoms with van der Waals surface area (Å²) in [5, 5.41) is 3.47. The first-order chi connectivity index (χ1) is 9.49. The van der Waals surface area contributed by atoms with Crippen molar-refractivity contribution in [1.29, 1.82) is 0 Å². The zero-order valence-corrected chi connectivity index (χ0v) is 13.0. The highest BCUT2D eigenvalue weighted by molar-refractivity contribution is 5.47. The predicted octanol–water partition coefficient (Wildman–Crippen LogP) is 3.22. The standard InChI is InChI=1S/C16H24N4/c1-12(2)13-7-6-8-14(9-13)17-10-15-11-18-16(19(3)4)20(15)5/h6-9,11-12,17H,10H2,1-5H3. The minimum Gasteiger partial charge on any atom is -0.379 e. The van der Waals surface area contributed by atoms with E-state index in [4.69, 9.17) is 0 Å². The number of rotatable bonds is 5. The number of nitrogens with zero attached hydrogens (tertiary/aromatic N) is 3. The third-order valence-electron chi connectivity index (χ3n) is 3.49. The topological polar surface area (TPSA) is 33.1 Å². The molecule has 0 amide bonds. The van der Waals surface area contributed by atoms with E-state index in [0.717, 1.165) is 18.2 Å². The van der Waals surface area contributed by atoms with Gasteiger partial charge in [-0.2, -0.15) is 0 Å². The first kappa shape index (κ1) is 14.4. The lowest BCUT2D eigenvalue weighted by atomic mass is 10.0. The van der Waals surface area contributed by atoms with Gasteiger partial charge in [0.2, 0.25) is 5.95 Å². The zero-order chi connectivity index (χ0) is 14.7. The van der Waals surface area contributed by atoms with Crippen molar-refractivity contribution in [1.82, 2.24) is 9.55 Å². The van der Waals surface area contributed by atoms with Crippen LogP contribution in [0, 0.1) is 0 Å². The van der Waals surface area contributed by atoms with Crippen LogP contribution in [-0.4, -0.2) is 23.6 Å². The molecule has 108 valence electrons. The van der Waals surface area contributed by atoms with Gasteiger partial charge in [-0.05, 0) is 23.6 Å². The summed E-state index contributed by atoms with van der Waals surface area (Å²) in [6.45, 7) is 5.20. The Morgan fingerprint density at radius 3 is 2.65 bits per heavy atom. The van der Waals surface area contributed by atoms with Gasteiger partial charge in [-0.3, -0.25) is 0 Å². The summed E-state index contributed by atoms with van der Waals surface area (Å²) in [6, 6.07) is 8.60. The molecule has 0 saturated carbocycles. The van der Waals surface area contributed by atoms with Crippen LogP contribution in [0.5, 0.6) is 0 Å². The van der Waals surface area contributed by atoms with Crippen LogP contribution in [0.1, 0.15) is 31.0 Å². The Kier molecular flexibility index (Phi) is 4.32. The van der Waals surface area contributed by atoms with Crippen LogP contribution in [0.25, 0.3) is 0 Å². The minimum atomic E-state index is 0.550. The number of anilines is 2. The first-order valence-corrected chi connectivity index (χ1v) is 7.00. The van der Waals surface area contributed by atoms with E-state index in [-0.39, 0.29) is 0 Å². The summed E-state index contributed by atoms with van der Waals surface area (Å²) in [6.07, 6.45) is 1.93. The molecule has 0 aliphatic carbocycles. The predicted molar refractivity (Wildman–Crippen MR) is 85.4 cm³/mol. The fourth-order valence-corrected chi connectivity index (χ4v) is 2.21. The molecule has 1 aromatic heterocycles. The van der Waals surface area contributed by atoms with E-state index < -0.39 is 0 Å². The second-order valence-corrected chi connectivity index (χ2v) is 5.64. The van der Waals surface area contributed by atoms with Crippen molar-refractivity contribution in [3.05, 3.63) is 41.7 Å². The van der Waals surface area contributed by atoms with E-state index >= 15 is 0 Å². The Morgan fingerprint density at radius 2 is 2.05 bits per heavy atom. The van der Waals surface area contributed by atoms with Gasteiger partial charge in [-0.25, -0.2) is 4.98 Å². The molecule has 2 aromatic rings. The number of hydrogen-bond acceptors (Lipinski definition) is 3. The molecule has 2 rings (SSSR count). The van der Waals surface area contributed by atoms with Crippen LogP contribution in [0.2, 0.25) is 0 Å². The Morgan fingerprint density at radius 1 is 1.30 bits per heavy atom. The van der Waals surface area contributed by atoms with Crippen LogP contribution in [-0.2, 0) is 13.6 Å². The van der Waals surface area contributed by atoms with Crippen molar-refractivity contribution >= 4 is 11.6 Å².